The number of amides is 2. The van der Waals surface area contributed by atoms with Gasteiger partial charge in [-0.3, -0.25) is 4.79 Å². The van der Waals surface area contributed by atoms with E-state index in [9.17, 15) is 23.1 Å². The topological polar surface area (TPSA) is 125 Å². The van der Waals surface area contributed by atoms with E-state index in [0.29, 0.717) is 31.9 Å². The molecule has 2 aliphatic heterocycles. The number of hydrogen-bond acceptors (Lipinski definition) is 8. The molecular weight excluding hydrogens is 486 g/mol. The normalized spacial score (nSPS) is 21.9. The lowest BCUT2D eigenvalue weighted by Crippen LogP contribution is -2.45. The minimum absolute atomic E-state index is 0.0691. The average molecular weight is 526 g/mol. The van der Waals surface area contributed by atoms with Crippen LogP contribution in [0.2, 0.25) is 0 Å². The van der Waals surface area contributed by atoms with Gasteiger partial charge in [0.1, 0.15) is 5.60 Å². The maximum absolute atomic E-state index is 13.0. The predicted molar refractivity (Wildman–Crippen MR) is 135 cm³/mol. The third-order valence-electron chi connectivity index (χ3n) is 6.16. The number of aliphatic hydroxyl groups is 1. The van der Waals surface area contributed by atoms with Crippen LogP contribution >= 0.6 is 0 Å². The van der Waals surface area contributed by atoms with Crippen LogP contribution in [0.1, 0.15) is 32.8 Å². The van der Waals surface area contributed by atoms with Crippen molar-refractivity contribution >= 4 is 21.8 Å². The number of benzene rings is 1. The molecule has 11 heteroatoms. The van der Waals surface area contributed by atoms with E-state index in [1.807, 2.05) is 6.07 Å². The van der Waals surface area contributed by atoms with E-state index in [0.717, 1.165) is 0 Å². The summed E-state index contributed by atoms with van der Waals surface area (Å²) in [5, 5.41) is 13.7. The van der Waals surface area contributed by atoms with Gasteiger partial charge in [-0.1, -0.05) is 30.3 Å². The largest absolute Gasteiger partial charge is 0.444 e. The maximum atomic E-state index is 13.0. The zero-order valence-electron chi connectivity index (χ0n) is 21.4. The van der Waals surface area contributed by atoms with E-state index in [2.05, 4.69) is 5.32 Å². The second-order valence-electron chi connectivity index (χ2n) is 10.6. The quantitative estimate of drug-likeness (QED) is 0.490. The summed E-state index contributed by atoms with van der Waals surface area (Å²) in [4.78, 5) is 28.5. The highest BCUT2D eigenvalue weighted by Crippen LogP contribution is 2.18. The van der Waals surface area contributed by atoms with Crippen LogP contribution in [0, 0.1) is 5.92 Å². The summed E-state index contributed by atoms with van der Waals surface area (Å²) in [6.07, 6.45) is -1.26. The van der Waals surface area contributed by atoms with E-state index in [-0.39, 0.29) is 43.5 Å². The molecule has 0 bridgehead atoms. The molecule has 0 aliphatic carbocycles. The number of β-amino-alcohol motifs (C(OH)–C–C–N with tert-alkyl or cyclic N) is 1. The lowest BCUT2D eigenvalue weighted by Gasteiger charge is -2.29. The summed E-state index contributed by atoms with van der Waals surface area (Å²) in [5.41, 5.74) is 0.0500. The number of carbonyl (C=O) groups excluding carboxylic acids is 2. The Labute approximate surface area is 213 Å². The first-order valence-corrected chi connectivity index (χ1v) is 14.2. The Hall–Kier alpha value is -2.21. The van der Waals surface area contributed by atoms with Crippen molar-refractivity contribution in [1.82, 2.24) is 15.1 Å². The smallest absolute Gasteiger partial charge is 0.410 e. The van der Waals surface area contributed by atoms with Crippen molar-refractivity contribution in [2.45, 2.75) is 50.7 Å². The number of sulfone groups is 1. The maximum Gasteiger partial charge on any atom is 0.410 e. The van der Waals surface area contributed by atoms with Crippen LogP contribution in [0.25, 0.3) is 0 Å². The number of ether oxygens (including phenoxy) is 2. The number of nitrogens with zero attached hydrogens (tertiary/aromatic N) is 2. The first kappa shape index (κ1) is 28.4. The first-order valence-electron chi connectivity index (χ1n) is 12.4. The molecule has 1 aromatic carbocycles. The average Bonchev–Trinajstić information content (AvgIpc) is 3.18. The molecule has 3 unspecified atom stereocenters. The lowest BCUT2D eigenvalue weighted by molar-refractivity contribution is -0.136. The van der Waals surface area contributed by atoms with Crippen LogP contribution in [0.5, 0.6) is 0 Å². The van der Waals surface area contributed by atoms with E-state index in [1.54, 1.807) is 49.9 Å². The molecule has 10 nitrogen and oxygen atoms in total. The minimum atomic E-state index is -3.50. The summed E-state index contributed by atoms with van der Waals surface area (Å²) in [5.74, 6) is -0.864. The van der Waals surface area contributed by atoms with Gasteiger partial charge in [-0.25, -0.2) is 13.2 Å². The summed E-state index contributed by atoms with van der Waals surface area (Å²) in [7, 11) is -3.50. The molecule has 202 valence electrons. The van der Waals surface area contributed by atoms with Gasteiger partial charge in [0.05, 0.1) is 43.4 Å². The molecule has 0 saturated carbocycles. The van der Waals surface area contributed by atoms with Gasteiger partial charge in [-0.2, -0.15) is 0 Å². The third-order valence-corrected chi connectivity index (χ3v) is 7.91. The minimum Gasteiger partial charge on any atom is -0.444 e. The lowest BCUT2D eigenvalue weighted by atomic mass is 10.1. The number of nitrogens with one attached hydrogen (secondary N) is 1. The molecule has 36 heavy (non-hydrogen) atoms. The van der Waals surface area contributed by atoms with Crippen LogP contribution in [-0.2, 0) is 29.9 Å². The second-order valence-corrected chi connectivity index (χ2v) is 12.7. The fraction of sp³-hybridized carbons (Fsp3) is 0.680. The van der Waals surface area contributed by atoms with Gasteiger partial charge in [0.15, 0.2) is 9.84 Å². The van der Waals surface area contributed by atoms with Gasteiger partial charge in [-0.15, -0.1) is 0 Å². The van der Waals surface area contributed by atoms with Crippen LogP contribution in [0.15, 0.2) is 30.3 Å². The van der Waals surface area contributed by atoms with Crippen molar-refractivity contribution in [3.8, 4) is 0 Å². The Balaban J connectivity index is 1.63. The molecule has 1 aromatic rings. The Morgan fingerprint density at radius 1 is 1.14 bits per heavy atom. The zero-order valence-corrected chi connectivity index (χ0v) is 22.2. The molecule has 0 radical (unpaired) electrons. The monoisotopic (exact) mass is 525 g/mol. The number of rotatable bonds is 9. The van der Waals surface area contributed by atoms with Crippen molar-refractivity contribution in [1.29, 1.82) is 0 Å². The zero-order chi connectivity index (χ0) is 26.3. The van der Waals surface area contributed by atoms with E-state index in [4.69, 9.17) is 9.47 Å². The highest BCUT2D eigenvalue weighted by atomic mass is 32.2. The molecule has 0 spiro atoms. The Kier molecular flexibility index (Phi) is 9.73. The molecule has 2 fully saturated rings. The molecule has 2 saturated heterocycles. The summed E-state index contributed by atoms with van der Waals surface area (Å²) in [6, 6.07) is 8.51. The van der Waals surface area contributed by atoms with Gasteiger partial charge in [-0.05, 0) is 38.8 Å². The summed E-state index contributed by atoms with van der Waals surface area (Å²) in [6.45, 7) is 7.81. The Morgan fingerprint density at radius 3 is 2.44 bits per heavy atom. The molecule has 2 aliphatic rings. The molecule has 2 N–H and O–H groups in total. The Bertz CT molecular complexity index is 975. The molecule has 2 heterocycles. The number of morpholine rings is 1. The summed E-state index contributed by atoms with van der Waals surface area (Å²) < 4.78 is 36.7. The van der Waals surface area contributed by atoms with E-state index < -0.39 is 39.6 Å². The van der Waals surface area contributed by atoms with Crippen molar-refractivity contribution < 1.29 is 32.6 Å². The Morgan fingerprint density at radius 2 is 1.81 bits per heavy atom. The number of carbonyl (C=O) groups is 2. The van der Waals surface area contributed by atoms with Crippen LogP contribution in [-0.4, -0.2) is 105 Å². The van der Waals surface area contributed by atoms with Crippen molar-refractivity contribution in [2.75, 3.05) is 51.7 Å². The SMILES string of the molecule is CC(C)(C)OC(=O)N1CC(O)C(NCC(CC(=O)N2CCOCC2)CS(=O)(=O)Cc2ccccc2)C1. The van der Waals surface area contributed by atoms with Crippen LogP contribution in [0.3, 0.4) is 0 Å². The number of aliphatic hydroxyl groups excluding tert-OH is 1. The highest BCUT2D eigenvalue weighted by molar-refractivity contribution is 7.90. The van der Waals surface area contributed by atoms with Crippen LogP contribution < -0.4 is 5.32 Å². The predicted octanol–water partition coefficient (Wildman–Crippen LogP) is 1.04. The fourth-order valence-electron chi connectivity index (χ4n) is 4.41. The van der Waals surface area contributed by atoms with E-state index >= 15 is 0 Å². The van der Waals surface area contributed by atoms with Crippen molar-refractivity contribution in [3.63, 3.8) is 0 Å². The molecule has 3 atom stereocenters. The van der Waals surface area contributed by atoms with Gasteiger partial charge in [0, 0.05) is 26.1 Å². The third kappa shape index (κ3) is 9.02. The van der Waals surface area contributed by atoms with E-state index in [1.165, 1.54) is 4.90 Å². The fourth-order valence-corrected chi connectivity index (χ4v) is 6.18. The van der Waals surface area contributed by atoms with Gasteiger partial charge >= 0.3 is 6.09 Å². The van der Waals surface area contributed by atoms with Crippen LogP contribution in [0.4, 0.5) is 4.79 Å². The standard InChI is InChI=1S/C25H39N3O7S/c1-25(2,3)35-24(31)28-15-21(22(29)16-28)26-14-20(13-23(30)27-9-11-34-12-10-27)18-36(32,33)17-19-7-5-4-6-8-19/h4-8,20-22,26,29H,9-18H2,1-3H3. The number of likely N-dealkylation sites (tertiary alicyclic amines) is 1. The van der Waals surface area contributed by atoms with Crippen molar-refractivity contribution in [3.05, 3.63) is 35.9 Å². The first-order chi connectivity index (χ1) is 16.9. The van der Waals surface area contributed by atoms with Gasteiger partial charge in [0.2, 0.25) is 5.91 Å². The molecular formula is C25H39N3O7S. The van der Waals surface area contributed by atoms with Gasteiger partial charge < -0.3 is 29.7 Å². The second kappa shape index (κ2) is 12.4. The molecule has 0 aromatic heterocycles. The number of hydrogen-bond donors (Lipinski definition) is 2. The van der Waals surface area contributed by atoms with Crippen molar-refractivity contribution in [2.24, 2.45) is 5.92 Å². The van der Waals surface area contributed by atoms with Gasteiger partial charge in [0.25, 0.3) is 0 Å². The molecule has 3 rings (SSSR count). The summed E-state index contributed by atoms with van der Waals surface area (Å²) >= 11 is 0. The molecule has 2 amide bonds. The highest BCUT2D eigenvalue weighted by Gasteiger charge is 2.36.